The van der Waals surface area contributed by atoms with E-state index in [1.165, 1.54) is 0 Å². The van der Waals surface area contributed by atoms with Gasteiger partial charge in [-0.05, 0) is 50.5 Å². The van der Waals surface area contributed by atoms with Gasteiger partial charge in [-0.2, -0.15) is 5.10 Å². The van der Waals surface area contributed by atoms with E-state index in [0.717, 1.165) is 29.2 Å². The minimum Gasteiger partial charge on any atom is -0.494 e. The zero-order chi connectivity index (χ0) is 17.0. The number of aryl methyl sites for hydroxylation is 2. The molecule has 1 N–H and O–H groups in total. The van der Waals surface area contributed by atoms with E-state index < -0.39 is 0 Å². The van der Waals surface area contributed by atoms with E-state index in [0.29, 0.717) is 18.1 Å². The highest BCUT2D eigenvalue weighted by Crippen LogP contribution is 2.20. The van der Waals surface area contributed by atoms with Crippen molar-refractivity contribution in [2.24, 2.45) is 13.0 Å². The van der Waals surface area contributed by atoms with Crippen LogP contribution in [0.2, 0.25) is 0 Å². The first-order chi connectivity index (χ1) is 10.9. The van der Waals surface area contributed by atoms with Crippen molar-refractivity contribution in [3.8, 4) is 5.75 Å². The first-order valence-electron chi connectivity index (χ1n) is 7.93. The number of nitrogens with zero attached hydrogens (tertiary/aromatic N) is 2. The average Bonchev–Trinajstić information content (AvgIpc) is 2.74. The zero-order valence-electron chi connectivity index (χ0n) is 14.5. The van der Waals surface area contributed by atoms with Crippen LogP contribution in [0.4, 0.5) is 5.69 Å². The summed E-state index contributed by atoms with van der Waals surface area (Å²) in [5.74, 6) is 1.26. The quantitative estimate of drug-likeness (QED) is 0.884. The number of carbonyl (C=O) groups is 1. The summed E-state index contributed by atoms with van der Waals surface area (Å²) >= 11 is 0. The molecule has 0 saturated carbocycles. The summed E-state index contributed by atoms with van der Waals surface area (Å²) in [6, 6.07) is 7.22. The molecule has 2 aromatic rings. The highest BCUT2D eigenvalue weighted by Gasteiger charge is 2.13. The first kappa shape index (κ1) is 17.1. The lowest BCUT2D eigenvalue weighted by Crippen LogP contribution is -2.13. The Morgan fingerprint density at radius 1 is 1.26 bits per heavy atom. The number of aromatic nitrogens is 2. The molecule has 0 fully saturated rings. The third-order valence-electron chi connectivity index (χ3n) is 3.83. The van der Waals surface area contributed by atoms with Crippen LogP contribution in [0, 0.1) is 19.8 Å². The van der Waals surface area contributed by atoms with Gasteiger partial charge in [-0.3, -0.25) is 9.48 Å². The second-order valence-electron chi connectivity index (χ2n) is 6.18. The fourth-order valence-electron chi connectivity index (χ4n) is 2.26. The minimum atomic E-state index is -0.141. The van der Waals surface area contributed by atoms with Crippen molar-refractivity contribution < 1.29 is 9.53 Å². The molecule has 5 heteroatoms. The van der Waals surface area contributed by atoms with Gasteiger partial charge < -0.3 is 10.1 Å². The normalized spacial score (nSPS) is 10.9. The van der Waals surface area contributed by atoms with Crippen LogP contribution < -0.4 is 10.1 Å². The average molecular weight is 315 g/mol. The standard InChI is InChI=1S/C18H25N3O2/c1-12(2)10-11-23-16-8-6-15(7-9-16)18(22)19-17-13(3)20-21(5)14(17)4/h6-9,12H,10-11H2,1-5H3,(H,19,22). The summed E-state index contributed by atoms with van der Waals surface area (Å²) in [6.45, 7) is 8.84. The predicted octanol–water partition coefficient (Wildman–Crippen LogP) is 3.71. The monoisotopic (exact) mass is 315 g/mol. The minimum absolute atomic E-state index is 0.141. The van der Waals surface area contributed by atoms with Gasteiger partial charge in [0.05, 0.1) is 23.7 Å². The number of hydrogen-bond donors (Lipinski definition) is 1. The summed E-state index contributed by atoms with van der Waals surface area (Å²) in [5.41, 5.74) is 3.12. The number of carbonyl (C=O) groups excluding carboxylic acids is 1. The molecule has 23 heavy (non-hydrogen) atoms. The molecule has 0 bridgehead atoms. The SMILES string of the molecule is Cc1nn(C)c(C)c1NC(=O)c1ccc(OCCC(C)C)cc1. The van der Waals surface area contributed by atoms with Crippen LogP contribution in [-0.2, 0) is 7.05 Å². The van der Waals surface area contributed by atoms with Gasteiger partial charge in [-0.15, -0.1) is 0 Å². The summed E-state index contributed by atoms with van der Waals surface area (Å²) in [5, 5.41) is 7.23. The molecular formula is C18H25N3O2. The largest absolute Gasteiger partial charge is 0.494 e. The van der Waals surface area contributed by atoms with Crippen molar-refractivity contribution in [2.45, 2.75) is 34.1 Å². The van der Waals surface area contributed by atoms with Crippen LogP contribution >= 0.6 is 0 Å². The van der Waals surface area contributed by atoms with Crippen LogP contribution in [0.5, 0.6) is 5.75 Å². The molecule has 0 aliphatic rings. The molecule has 5 nitrogen and oxygen atoms in total. The highest BCUT2D eigenvalue weighted by molar-refractivity contribution is 6.04. The smallest absolute Gasteiger partial charge is 0.255 e. The van der Waals surface area contributed by atoms with Crippen molar-refractivity contribution in [1.29, 1.82) is 0 Å². The Labute approximate surface area is 137 Å². The van der Waals surface area contributed by atoms with E-state index in [2.05, 4.69) is 24.3 Å². The Morgan fingerprint density at radius 2 is 1.91 bits per heavy atom. The first-order valence-corrected chi connectivity index (χ1v) is 7.93. The number of benzene rings is 1. The molecule has 1 heterocycles. The van der Waals surface area contributed by atoms with Gasteiger partial charge in [0.2, 0.25) is 0 Å². The lowest BCUT2D eigenvalue weighted by atomic mass is 10.1. The number of hydrogen-bond acceptors (Lipinski definition) is 3. The maximum absolute atomic E-state index is 12.4. The molecule has 0 saturated heterocycles. The lowest BCUT2D eigenvalue weighted by molar-refractivity contribution is 0.102. The van der Waals surface area contributed by atoms with Gasteiger partial charge >= 0.3 is 0 Å². The summed E-state index contributed by atoms with van der Waals surface area (Å²) in [7, 11) is 1.86. The van der Waals surface area contributed by atoms with Crippen molar-refractivity contribution >= 4 is 11.6 Å². The molecule has 0 aliphatic heterocycles. The number of nitrogens with one attached hydrogen (secondary N) is 1. The molecule has 124 valence electrons. The molecule has 1 aromatic carbocycles. The van der Waals surface area contributed by atoms with Crippen LogP contribution in [-0.4, -0.2) is 22.3 Å². The summed E-state index contributed by atoms with van der Waals surface area (Å²) in [6.07, 6.45) is 1.02. The van der Waals surface area contributed by atoms with E-state index in [9.17, 15) is 4.79 Å². The molecule has 1 aromatic heterocycles. The molecule has 0 aliphatic carbocycles. The maximum Gasteiger partial charge on any atom is 0.255 e. The van der Waals surface area contributed by atoms with Crippen molar-refractivity contribution in [3.63, 3.8) is 0 Å². The molecule has 2 rings (SSSR count). The maximum atomic E-state index is 12.4. The molecular weight excluding hydrogens is 290 g/mol. The Balaban J connectivity index is 2.00. The highest BCUT2D eigenvalue weighted by atomic mass is 16.5. The molecule has 1 amide bonds. The van der Waals surface area contributed by atoms with Crippen LogP contribution in [0.25, 0.3) is 0 Å². The van der Waals surface area contributed by atoms with Gasteiger partial charge in [0.1, 0.15) is 5.75 Å². The Bertz CT molecular complexity index is 672. The van der Waals surface area contributed by atoms with E-state index in [1.807, 2.05) is 33.0 Å². The summed E-state index contributed by atoms with van der Waals surface area (Å²) in [4.78, 5) is 12.4. The Hall–Kier alpha value is -2.30. The van der Waals surface area contributed by atoms with Gasteiger partial charge in [0.25, 0.3) is 5.91 Å². The number of amides is 1. The van der Waals surface area contributed by atoms with E-state index in [-0.39, 0.29) is 5.91 Å². The third kappa shape index (κ3) is 4.34. The second kappa shape index (κ2) is 7.31. The second-order valence-corrected chi connectivity index (χ2v) is 6.18. The van der Waals surface area contributed by atoms with Gasteiger partial charge in [-0.25, -0.2) is 0 Å². The lowest BCUT2D eigenvalue weighted by Gasteiger charge is -2.09. The van der Waals surface area contributed by atoms with Gasteiger partial charge in [0, 0.05) is 12.6 Å². The van der Waals surface area contributed by atoms with Gasteiger partial charge in [-0.1, -0.05) is 13.8 Å². The van der Waals surface area contributed by atoms with E-state index >= 15 is 0 Å². The topological polar surface area (TPSA) is 56.2 Å². The number of rotatable bonds is 6. The number of ether oxygens (including phenoxy) is 1. The predicted molar refractivity (Wildman–Crippen MR) is 92.0 cm³/mol. The van der Waals surface area contributed by atoms with Crippen molar-refractivity contribution in [2.75, 3.05) is 11.9 Å². The summed E-state index contributed by atoms with van der Waals surface area (Å²) < 4.78 is 7.43. The fraction of sp³-hybridized carbons (Fsp3) is 0.444. The third-order valence-corrected chi connectivity index (χ3v) is 3.83. The van der Waals surface area contributed by atoms with Crippen LogP contribution in [0.15, 0.2) is 24.3 Å². The molecule has 0 unspecified atom stereocenters. The van der Waals surface area contributed by atoms with Crippen molar-refractivity contribution in [3.05, 3.63) is 41.2 Å². The molecule has 0 radical (unpaired) electrons. The van der Waals surface area contributed by atoms with Crippen molar-refractivity contribution in [1.82, 2.24) is 9.78 Å². The Kier molecular flexibility index (Phi) is 5.42. The van der Waals surface area contributed by atoms with Crippen LogP contribution in [0.1, 0.15) is 42.0 Å². The fourth-order valence-corrected chi connectivity index (χ4v) is 2.26. The van der Waals surface area contributed by atoms with Gasteiger partial charge in [0.15, 0.2) is 0 Å². The van der Waals surface area contributed by atoms with E-state index in [1.54, 1.807) is 16.8 Å². The number of anilines is 1. The van der Waals surface area contributed by atoms with E-state index in [4.69, 9.17) is 4.74 Å². The molecule has 0 spiro atoms. The Morgan fingerprint density at radius 3 is 2.43 bits per heavy atom. The van der Waals surface area contributed by atoms with Crippen LogP contribution in [0.3, 0.4) is 0 Å². The molecule has 0 atom stereocenters. The zero-order valence-corrected chi connectivity index (χ0v) is 14.5.